The Bertz CT molecular complexity index is 304. The summed E-state index contributed by atoms with van der Waals surface area (Å²) in [6.07, 6.45) is 4.03. The van der Waals surface area contributed by atoms with Crippen LogP contribution >= 0.6 is 7.60 Å². The molecule has 0 aromatic carbocycles. The molecule has 0 fully saturated rings. The summed E-state index contributed by atoms with van der Waals surface area (Å²) in [4.78, 5) is 11.8. The molecule has 1 unspecified atom stereocenters. The number of rotatable bonds is 9. The maximum Gasteiger partial charge on any atom is 0.348 e. The largest absolute Gasteiger partial charge is 0.465 e. The van der Waals surface area contributed by atoms with E-state index in [1.165, 1.54) is 0 Å². The molecule has 18 heavy (non-hydrogen) atoms. The van der Waals surface area contributed by atoms with Gasteiger partial charge in [-0.2, -0.15) is 0 Å². The van der Waals surface area contributed by atoms with Gasteiger partial charge >= 0.3 is 13.6 Å². The van der Waals surface area contributed by atoms with Crippen molar-refractivity contribution in [2.45, 2.75) is 39.8 Å². The van der Waals surface area contributed by atoms with Crippen LogP contribution in [0.25, 0.3) is 0 Å². The van der Waals surface area contributed by atoms with Gasteiger partial charge in [0, 0.05) is 0 Å². The summed E-state index contributed by atoms with van der Waals surface area (Å²) in [5.74, 6) is -0.576. The van der Waals surface area contributed by atoms with Crippen LogP contribution in [0, 0.1) is 0 Å². The minimum Gasteiger partial charge on any atom is -0.465 e. The van der Waals surface area contributed by atoms with E-state index in [-0.39, 0.29) is 19.8 Å². The topological polar surface area (TPSA) is 61.8 Å². The van der Waals surface area contributed by atoms with Crippen molar-refractivity contribution in [3.05, 3.63) is 12.2 Å². The minimum absolute atomic E-state index is 0.215. The van der Waals surface area contributed by atoms with Gasteiger partial charge in [-0.15, -0.1) is 0 Å². The first-order chi connectivity index (χ1) is 8.55. The van der Waals surface area contributed by atoms with E-state index in [0.717, 1.165) is 6.42 Å². The summed E-state index contributed by atoms with van der Waals surface area (Å²) >= 11 is 0. The van der Waals surface area contributed by atoms with E-state index in [1.54, 1.807) is 32.9 Å². The number of allylic oxidation sites excluding steroid dienone is 1. The van der Waals surface area contributed by atoms with E-state index >= 15 is 0 Å². The van der Waals surface area contributed by atoms with Gasteiger partial charge < -0.3 is 13.8 Å². The van der Waals surface area contributed by atoms with Crippen molar-refractivity contribution >= 4 is 13.6 Å². The third kappa shape index (κ3) is 5.34. The minimum atomic E-state index is -3.51. The fourth-order valence-electron chi connectivity index (χ4n) is 1.36. The molecule has 1 atom stereocenters. The van der Waals surface area contributed by atoms with E-state index < -0.39 is 19.2 Å². The quantitative estimate of drug-likeness (QED) is 0.368. The monoisotopic (exact) mass is 278 g/mol. The zero-order valence-corrected chi connectivity index (χ0v) is 12.4. The third-order valence-electron chi connectivity index (χ3n) is 2.04. The Morgan fingerprint density at radius 1 is 1.11 bits per heavy atom. The van der Waals surface area contributed by atoms with Crippen LogP contribution in [0.15, 0.2) is 12.2 Å². The summed E-state index contributed by atoms with van der Waals surface area (Å²) in [5.41, 5.74) is -0.989. The summed E-state index contributed by atoms with van der Waals surface area (Å²) in [7, 11) is -3.51. The average Bonchev–Trinajstić information content (AvgIpc) is 2.30. The normalized spacial score (nSPS) is 13.8. The molecule has 106 valence electrons. The van der Waals surface area contributed by atoms with Crippen molar-refractivity contribution in [3.63, 3.8) is 0 Å². The lowest BCUT2D eigenvalue weighted by atomic mass is 10.3. The molecule has 0 amide bonds. The van der Waals surface area contributed by atoms with Crippen molar-refractivity contribution in [1.29, 1.82) is 0 Å². The second-order valence-corrected chi connectivity index (χ2v) is 5.56. The van der Waals surface area contributed by atoms with E-state index in [0.29, 0.717) is 0 Å². The van der Waals surface area contributed by atoms with E-state index in [1.807, 2.05) is 6.92 Å². The molecule has 0 aliphatic carbocycles. The van der Waals surface area contributed by atoms with Gasteiger partial charge in [-0.25, -0.2) is 0 Å². The molecule has 0 aromatic rings. The lowest BCUT2D eigenvalue weighted by Gasteiger charge is -2.22. The van der Waals surface area contributed by atoms with Crippen LogP contribution in [-0.2, 0) is 23.1 Å². The summed E-state index contributed by atoms with van der Waals surface area (Å²) in [5, 5.41) is 0. The first kappa shape index (κ1) is 17.4. The van der Waals surface area contributed by atoms with Gasteiger partial charge in [-0.1, -0.05) is 19.1 Å². The Morgan fingerprint density at radius 3 is 2.06 bits per heavy atom. The number of esters is 1. The molecule has 0 N–H and O–H groups in total. The van der Waals surface area contributed by atoms with E-state index in [4.69, 9.17) is 13.8 Å². The SMILES string of the molecule is CCC=CC(C(=O)OCC)P(=O)(OCC)OCC. The van der Waals surface area contributed by atoms with Gasteiger partial charge in [-0.3, -0.25) is 9.36 Å². The van der Waals surface area contributed by atoms with Crippen LogP contribution in [-0.4, -0.2) is 31.4 Å². The van der Waals surface area contributed by atoms with Gasteiger partial charge in [0.15, 0.2) is 5.66 Å². The number of hydrogen-bond donors (Lipinski definition) is 0. The van der Waals surface area contributed by atoms with Gasteiger partial charge in [0.2, 0.25) is 0 Å². The molecule has 0 radical (unpaired) electrons. The standard InChI is InChI=1S/C12H23O5P/c1-5-9-10-11(12(13)15-6-2)18(14,16-7-3)17-8-4/h9-11H,5-8H2,1-4H3. The zero-order chi connectivity index (χ0) is 14.0. The Labute approximate surface area is 109 Å². The van der Waals surface area contributed by atoms with E-state index in [9.17, 15) is 9.36 Å². The van der Waals surface area contributed by atoms with Gasteiger partial charge in [-0.05, 0) is 27.2 Å². The predicted octanol–water partition coefficient (Wildman–Crippen LogP) is 3.15. The molecule has 6 heteroatoms. The Balaban J connectivity index is 5.15. The highest BCUT2D eigenvalue weighted by Gasteiger charge is 2.40. The Kier molecular flexibility index (Phi) is 8.98. The lowest BCUT2D eigenvalue weighted by molar-refractivity contribution is -0.142. The van der Waals surface area contributed by atoms with Crippen LogP contribution < -0.4 is 0 Å². The molecule has 0 saturated heterocycles. The molecule has 0 bridgehead atoms. The van der Waals surface area contributed by atoms with Gasteiger partial charge in [0.25, 0.3) is 0 Å². The fraction of sp³-hybridized carbons (Fsp3) is 0.750. The summed E-state index contributed by atoms with van der Waals surface area (Å²) in [6, 6.07) is 0. The summed E-state index contributed by atoms with van der Waals surface area (Å²) < 4.78 is 27.8. The third-order valence-corrected chi connectivity index (χ3v) is 4.34. The second-order valence-electron chi connectivity index (χ2n) is 3.41. The average molecular weight is 278 g/mol. The second kappa shape index (κ2) is 9.31. The van der Waals surface area contributed by atoms with Crippen molar-refractivity contribution < 1.29 is 23.1 Å². The Morgan fingerprint density at radius 2 is 1.67 bits per heavy atom. The van der Waals surface area contributed by atoms with Crippen molar-refractivity contribution in [2.75, 3.05) is 19.8 Å². The van der Waals surface area contributed by atoms with Crippen LogP contribution in [0.5, 0.6) is 0 Å². The first-order valence-corrected chi connectivity index (χ1v) is 7.88. The first-order valence-electron chi connectivity index (χ1n) is 6.27. The molecule has 0 aromatic heterocycles. The molecule has 0 spiro atoms. The molecule has 5 nitrogen and oxygen atoms in total. The number of carbonyl (C=O) groups excluding carboxylic acids is 1. The molecular weight excluding hydrogens is 255 g/mol. The highest BCUT2D eigenvalue weighted by atomic mass is 31.2. The predicted molar refractivity (Wildman–Crippen MR) is 70.7 cm³/mol. The molecule has 0 aliphatic rings. The number of hydrogen-bond acceptors (Lipinski definition) is 5. The maximum atomic E-state index is 12.5. The fourth-order valence-corrected chi connectivity index (χ4v) is 3.14. The van der Waals surface area contributed by atoms with Crippen LogP contribution in [0.4, 0.5) is 0 Å². The smallest absolute Gasteiger partial charge is 0.348 e. The van der Waals surface area contributed by atoms with Crippen molar-refractivity contribution in [3.8, 4) is 0 Å². The van der Waals surface area contributed by atoms with Crippen molar-refractivity contribution in [2.24, 2.45) is 0 Å². The Hall–Kier alpha value is -0.640. The van der Waals surface area contributed by atoms with Gasteiger partial charge in [0.05, 0.1) is 19.8 Å². The molecule has 0 rings (SSSR count). The molecule has 0 heterocycles. The highest BCUT2D eigenvalue weighted by Crippen LogP contribution is 2.54. The van der Waals surface area contributed by atoms with Gasteiger partial charge in [0.1, 0.15) is 0 Å². The lowest BCUT2D eigenvalue weighted by Crippen LogP contribution is -2.24. The van der Waals surface area contributed by atoms with E-state index in [2.05, 4.69) is 0 Å². The number of carbonyl (C=O) groups is 1. The van der Waals surface area contributed by atoms with Crippen LogP contribution in [0.3, 0.4) is 0 Å². The van der Waals surface area contributed by atoms with Crippen LogP contribution in [0.2, 0.25) is 0 Å². The highest BCUT2D eigenvalue weighted by molar-refractivity contribution is 7.56. The molecule has 0 saturated carbocycles. The zero-order valence-electron chi connectivity index (χ0n) is 11.5. The number of ether oxygens (including phenoxy) is 1. The van der Waals surface area contributed by atoms with Crippen molar-refractivity contribution in [1.82, 2.24) is 0 Å². The molecule has 0 aliphatic heterocycles. The summed E-state index contributed by atoms with van der Waals surface area (Å²) in [6.45, 7) is 7.69. The van der Waals surface area contributed by atoms with Crippen LogP contribution in [0.1, 0.15) is 34.1 Å². The maximum absolute atomic E-state index is 12.5. The molecular formula is C12H23O5P.